The fraction of sp³-hybridized carbons (Fsp3) is 0.130. The Kier molecular flexibility index (Phi) is 6.47. The fourth-order valence-corrected chi connectivity index (χ4v) is 2.88. The molecule has 0 radical (unpaired) electrons. The fourth-order valence-electron chi connectivity index (χ4n) is 2.88. The number of anilines is 1. The zero-order chi connectivity index (χ0) is 20.6. The molecule has 6 heteroatoms. The molecule has 0 bridgehead atoms. The van der Waals surface area contributed by atoms with Crippen LogP contribution in [0, 0.1) is 6.92 Å². The summed E-state index contributed by atoms with van der Waals surface area (Å²) in [4.78, 5) is 24.0. The predicted molar refractivity (Wildman–Crippen MR) is 113 cm³/mol. The summed E-state index contributed by atoms with van der Waals surface area (Å²) in [7, 11) is 0. The maximum Gasteiger partial charge on any atom is 0.312 e. The van der Waals surface area contributed by atoms with E-state index < -0.39 is 12.1 Å². The van der Waals surface area contributed by atoms with Gasteiger partial charge in [-0.05, 0) is 48.9 Å². The Morgan fingerprint density at radius 2 is 1.62 bits per heavy atom. The van der Waals surface area contributed by atoms with E-state index in [4.69, 9.17) is 10.5 Å². The molecule has 0 heterocycles. The number of hydrogen-bond donors (Lipinski definition) is 3. The molecule has 3 amide bonds. The quantitative estimate of drug-likeness (QED) is 0.554. The summed E-state index contributed by atoms with van der Waals surface area (Å²) >= 11 is 0. The van der Waals surface area contributed by atoms with Gasteiger partial charge in [-0.25, -0.2) is 4.79 Å². The number of ether oxygens (including phenoxy) is 1. The molecular weight excluding hydrogens is 366 g/mol. The molecule has 0 aromatic heterocycles. The number of urea groups is 1. The number of para-hydroxylation sites is 1. The van der Waals surface area contributed by atoms with Gasteiger partial charge in [-0.2, -0.15) is 0 Å². The predicted octanol–water partition coefficient (Wildman–Crippen LogP) is 4.53. The summed E-state index contributed by atoms with van der Waals surface area (Å²) in [6.45, 7) is 1.98. The van der Waals surface area contributed by atoms with Crippen molar-refractivity contribution < 1.29 is 14.3 Å². The Labute approximate surface area is 169 Å². The van der Waals surface area contributed by atoms with E-state index in [0.717, 1.165) is 11.1 Å². The Morgan fingerprint density at radius 1 is 0.931 bits per heavy atom. The summed E-state index contributed by atoms with van der Waals surface area (Å²) in [5.41, 5.74) is 7.84. The SMILES string of the molecule is Cc1ccc(NC(=O)CC(NC(N)=O)c2cccc(Oc3ccccc3)c2)cc1. The van der Waals surface area contributed by atoms with Gasteiger partial charge in [0.1, 0.15) is 11.5 Å². The van der Waals surface area contributed by atoms with Crippen molar-refractivity contribution in [2.45, 2.75) is 19.4 Å². The molecule has 3 aromatic carbocycles. The molecule has 3 aromatic rings. The number of amides is 3. The minimum absolute atomic E-state index is 0.0333. The number of primary amides is 1. The highest BCUT2D eigenvalue weighted by Crippen LogP contribution is 2.26. The standard InChI is InChI=1S/C23H23N3O3/c1-16-10-12-18(13-11-16)25-22(27)15-21(26-23(24)28)17-6-5-9-20(14-17)29-19-7-3-2-4-8-19/h2-14,21H,15H2,1H3,(H,25,27)(H3,24,26,28). The monoisotopic (exact) mass is 389 g/mol. The van der Waals surface area contributed by atoms with Crippen molar-refractivity contribution in [3.63, 3.8) is 0 Å². The minimum atomic E-state index is -0.701. The second-order valence-electron chi connectivity index (χ2n) is 6.67. The molecule has 0 spiro atoms. The number of carbonyl (C=O) groups excluding carboxylic acids is 2. The Bertz CT molecular complexity index is 972. The molecule has 148 valence electrons. The van der Waals surface area contributed by atoms with Crippen LogP contribution in [0.2, 0.25) is 0 Å². The van der Waals surface area contributed by atoms with E-state index in [2.05, 4.69) is 10.6 Å². The normalized spacial score (nSPS) is 11.3. The van der Waals surface area contributed by atoms with Gasteiger partial charge in [0.05, 0.1) is 12.5 Å². The van der Waals surface area contributed by atoms with E-state index in [9.17, 15) is 9.59 Å². The lowest BCUT2D eigenvalue weighted by atomic mass is 10.0. The molecule has 0 aliphatic rings. The third-order valence-corrected chi connectivity index (χ3v) is 4.28. The lowest BCUT2D eigenvalue weighted by Gasteiger charge is -2.19. The van der Waals surface area contributed by atoms with E-state index in [1.54, 1.807) is 12.1 Å². The van der Waals surface area contributed by atoms with Crippen molar-refractivity contribution in [1.82, 2.24) is 5.32 Å². The van der Waals surface area contributed by atoms with Gasteiger partial charge in [0.15, 0.2) is 0 Å². The van der Waals surface area contributed by atoms with Gasteiger partial charge in [-0.15, -0.1) is 0 Å². The van der Waals surface area contributed by atoms with Crippen LogP contribution >= 0.6 is 0 Å². The van der Waals surface area contributed by atoms with Crippen LogP contribution in [0.15, 0.2) is 78.9 Å². The number of nitrogens with two attached hydrogens (primary N) is 1. The summed E-state index contributed by atoms with van der Waals surface area (Å²) in [5, 5.41) is 5.47. The van der Waals surface area contributed by atoms with Crippen molar-refractivity contribution >= 4 is 17.6 Å². The number of carbonyl (C=O) groups is 2. The Hall–Kier alpha value is -3.80. The number of benzene rings is 3. The van der Waals surface area contributed by atoms with Crippen LogP contribution in [0.5, 0.6) is 11.5 Å². The van der Waals surface area contributed by atoms with Crippen molar-refractivity contribution in [3.8, 4) is 11.5 Å². The zero-order valence-electron chi connectivity index (χ0n) is 16.1. The number of hydrogen-bond acceptors (Lipinski definition) is 3. The molecule has 0 fully saturated rings. The molecule has 0 saturated heterocycles. The summed E-state index contributed by atoms with van der Waals surface area (Å²) in [5.74, 6) is 1.06. The highest BCUT2D eigenvalue weighted by molar-refractivity contribution is 5.91. The first-order valence-corrected chi connectivity index (χ1v) is 9.25. The smallest absolute Gasteiger partial charge is 0.312 e. The maximum absolute atomic E-state index is 12.5. The molecule has 0 saturated carbocycles. The maximum atomic E-state index is 12.5. The first-order valence-electron chi connectivity index (χ1n) is 9.25. The number of rotatable bonds is 7. The second kappa shape index (κ2) is 9.41. The van der Waals surface area contributed by atoms with Gasteiger partial charge < -0.3 is 21.1 Å². The van der Waals surface area contributed by atoms with Crippen LogP contribution in [0.25, 0.3) is 0 Å². The molecule has 1 unspecified atom stereocenters. The lowest BCUT2D eigenvalue weighted by molar-refractivity contribution is -0.116. The third kappa shape index (κ3) is 6.10. The molecule has 1 atom stereocenters. The van der Waals surface area contributed by atoms with Crippen molar-refractivity contribution in [2.24, 2.45) is 5.73 Å². The van der Waals surface area contributed by atoms with Crippen LogP contribution < -0.4 is 21.1 Å². The number of aryl methyl sites for hydroxylation is 1. The van der Waals surface area contributed by atoms with Crippen molar-refractivity contribution in [2.75, 3.05) is 5.32 Å². The van der Waals surface area contributed by atoms with Gasteiger partial charge >= 0.3 is 6.03 Å². The van der Waals surface area contributed by atoms with Crippen LogP contribution in [0.4, 0.5) is 10.5 Å². The lowest BCUT2D eigenvalue weighted by Crippen LogP contribution is -2.35. The zero-order valence-corrected chi connectivity index (χ0v) is 16.1. The average Bonchev–Trinajstić information content (AvgIpc) is 2.70. The van der Waals surface area contributed by atoms with Gasteiger partial charge in [-0.3, -0.25) is 4.79 Å². The van der Waals surface area contributed by atoms with Crippen molar-refractivity contribution in [3.05, 3.63) is 90.0 Å². The Balaban J connectivity index is 1.73. The minimum Gasteiger partial charge on any atom is -0.457 e. The summed E-state index contributed by atoms with van der Waals surface area (Å²) in [6, 6.07) is 22.8. The highest BCUT2D eigenvalue weighted by Gasteiger charge is 2.18. The Morgan fingerprint density at radius 3 is 2.31 bits per heavy atom. The van der Waals surface area contributed by atoms with E-state index in [1.165, 1.54) is 0 Å². The van der Waals surface area contributed by atoms with E-state index in [-0.39, 0.29) is 12.3 Å². The van der Waals surface area contributed by atoms with E-state index in [1.807, 2.05) is 73.7 Å². The van der Waals surface area contributed by atoms with Crippen molar-refractivity contribution in [1.29, 1.82) is 0 Å². The first kappa shape index (κ1) is 19.9. The van der Waals surface area contributed by atoms with Gasteiger partial charge in [0, 0.05) is 5.69 Å². The van der Waals surface area contributed by atoms with E-state index in [0.29, 0.717) is 17.2 Å². The topological polar surface area (TPSA) is 93.5 Å². The molecular formula is C23H23N3O3. The summed E-state index contributed by atoms with van der Waals surface area (Å²) < 4.78 is 5.84. The first-order chi connectivity index (χ1) is 14.0. The molecule has 0 aliphatic carbocycles. The molecule has 0 aliphatic heterocycles. The molecule has 3 rings (SSSR count). The van der Waals surface area contributed by atoms with Crippen LogP contribution in [0.3, 0.4) is 0 Å². The second-order valence-corrected chi connectivity index (χ2v) is 6.67. The summed E-state index contributed by atoms with van der Waals surface area (Å²) in [6.07, 6.45) is 0.0333. The van der Waals surface area contributed by atoms with Crippen LogP contribution in [0.1, 0.15) is 23.6 Å². The third-order valence-electron chi connectivity index (χ3n) is 4.28. The largest absolute Gasteiger partial charge is 0.457 e. The average molecular weight is 389 g/mol. The number of nitrogens with one attached hydrogen (secondary N) is 2. The van der Waals surface area contributed by atoms with E-state index >= 15 is 0 Å². The van der Waals surface area contributed by atoms with Crippen LogP contribution in [-0.4, -0.2) is 11.9 Å². The van der Waals surface area contributed by atoms with Gasteiger partial charge in [0.25, 0.3) is 0 Å². The van der Waals surface area contributed by atoms with Crippen LogP contribution in [-0.2, 0) is 4.79 Å². The molecule has 29 heavy (non-hydrogen) atoms. The molecule has 6 nitrogen and oxygen atoms in total. The molecule has 4 N–H and O–H groups in total. The van der Waals surface area contributed by atoms with Gasteiger partial charge in [0.2, 0.25) is 5.91 Å². The van der Waals surface area contributed by atoms with Gasteiger partial charge in [-0.1, -0.05) is 48.0 Å². The highest BCUT2D eigenvalue weighted by atomic mass is 16.5.